The number of carbonyl (C=O) groups is 1. The smallest absolute Gasteiger partial charge is 0.0796 e. The van der Waals surface area contributed by atoms with Crippen molar-refractivity contribution in [2.45, 2.75) is 6.42 Å². The minimum absolute atomic E-state index is 0.0529. The third kappa shape index (κ3) is 2.45. The van der Waals surface area contributed by atoms with E-state index in [1.54, 1.807) is 0 Å². The zero-order valence-electron chi connectivity index (χ0n) is 6.61. The molecule has 0 aliphatic heterocycles. The van der Waals surface area contributed by atoms with Gasteiger partial charge in [0, 0.05) is 12.4 Å². The van der Waals surface area contributed by atoms with E-state index in [4.69, 9.17) is 46.4 Å². The first-order chi connectivity index (χ1) is 6.43. The van der Waals surface area contributed by atoms with E-state index in [9.17, 15) is 9.90 Å². The molecule has 0 fully saturated rings. The summed E-state index contributed by atoms with van der Waals surface area (Å²) in [5.41, 5.74) is 0.283. The van der Waals surface area contributed by atoms with Gasteiger partial charge in [-0.3, -0.25) is 0 Å². The van der Waals surface area contributed by atoms with Gasteiger partial charge in [-0.15, -0.1) is 0 Å². The number of halogens is 4. The van der Waals surface area contributed by atoms with E-state index in [1.165, 1.54) is 6.07 Å². The molecule has 2 nitrogen and oxygen atoms in total. The fourth-order valence-electron chi connectivity index (χ4n) is 0.906. The Morgan fingerprint density at radius 3 is 2.21 bits per heavy atom. The van der Waals surface area contributed by atoms with Crippen LogP contribution in [0, 0.1) is 0 Å². The Labute approximate surface area is 100 Å². The second-order valence-corrected chi connectivity index (χ2v) is 4.05. The molecule has 6 heteroatoms. The summed E-state index contributed by atoms with van der Waals surface area (Å²) < 4.78 is 0. The summed E-state index contributed by atoms with van der Waals surface area (Å²) >= 11 is 22.8. The molecule has 0 aliphatic carbocycles. The van der Waals surface area contributed by atoms with Crippen LogP contribution in [0.2, 0.25) is 20.1 Å². The predicted molar refractivity (Wildman–Crippen MR) is 55.2 cm³/mol. The molecule has 0 N–H and O–H groups in total. The van der Waals surface area contributed by atoms with Gasteiger partial charge in [-0.25, -0.2) is 0 Å². The number of hydrogen-bond donors (Lipinski definition) is 0. The normalized spacial score (nSPS) is 10.3. The lowest BCUT2D eigenvalue weighted by Gasteiger charge is -2.09. The molecule has 0 aliphatic rings. The number of hydrogen-bond acceptors (Lipinski definition) is 2. The number of carboxylic acids is 1. The Hall–Kier alpha value is -0.150. The predicted octanol–water partition coefficient (Wildman–Crippen LogP) is 2.59. The summed E-state index contributed by atoms with van der Waals surface area (Å²) in [6.07, 6.45) is -0.352. The second-order valence-electron chi connectivity index (χ2n) is 2.51. The lowest BCUT2D eigenvalue weighted by molar-refractivity contribution is -0.304. The lowest BCUT2D eigenvalue weighted by atomic mass is 10.1. The van der Waals surface area contributed by atoms with Crippen molar-refractivity contribution in [3.63, 3.8) is 0 Å². The highest BCUT2D eigenvalue weighted by Gasteiger charge is 2.12. The number of carboxylic acid groups (broad SMARTS) is 1. The van der Waals surface area contributed by atoms with Crippen LogP contribution in [-0.2, 0) is 11.2 Å². The van der Waals surface area contributed by atoms with Crippen LogP contribution in [0.25, 0.3) is 0 Å². The maximum absolute atomic E-state index is 10.3. The summed E-state index contributed by atoms with van der Waals surface area (Å²) in [5.74, 6) is -1.26. The number of carbonyl (C=O) groups excluding carboxylic acids is 1. The average molecular weight is 273 g/mol. The van der Waals surface area contributed by atoms with Crippen molar-refractivity contribution in [2.75, 3.05) is 0 Å². The lowest BCUT2D eigenvalue weighted by Crippen LogP contribution is -2.24. The molecule has 0 saturated heterocycles. The Morgan fingerprint density at radius 1 is 1.14 bits per heavy atom. The molecule has 0 unspecified atom stereocenters. The van der Waals surface area contributed by atoms with Gasteiger partial charge in [0.1, 0.15) is 0 Å². The van der Waals surface area contributed by atoms with Gasteiger partial charge in [0.05, 0.1) is 20.1 Å². The van der Waals surface area contributed by atoms with Crippen molar-refractivity contribution in [3.8, 4) is 0 Å². The summed E-state index contributed by atoms with van der Waals surface area (Å²) in [5, 5.41) is 10.8. The number of benzene rings is 1. The maximum atomic E-state index is 10.3. The molecule has 0 aromatic heterocycles. The number of rotatable bonds is 2. The fourth-order valence-corrected chi connectivity index (χ4v) is 1.82. The summed E-state index contributed by atoms with van der Waals surface area (Å²) in [6, 6.07) is 1.36. The van der Waals surface area contributed by atoms with Crippen molar-refractivity contribution >= 4 is 52.4 Å². The SMILES string of the molecule is O=C([O-])Cc1cc(Cl)c(Cl)c(Cl)c1Cl. The molecule has 0 saturated carbocycles. The van der Waals surface area contributed by atoms with Gasteiger partial charge in [0.25, 0.3) is 0 Å². The maximum Gasteiger partial charge on any atom is 0.0796 e. The van der Waals surface area contributed by atoms with Gasteiger partial charge >= 0.3 is 0 Å². The molecule has 0 amide bonds. The molecule has 1 aromatic carbocycles. The van der Waals surface area contributed by atoms with Crippen LogP contribution in [-0.4, -0.2) is 5.97 Å². The van der Waals surface area contributed by atoms with E-state index in [0.717, 1.165) is 0 Å². The molecule has 0 bridgehead atoms. The van der Waals surface area contributed by atoms with Crippen molar-refractivity contribution in [1.29, 1.82) is 0 Å². The molecule has 1 aromatic rings. The summed E-state index contributed by atoms with van der Waals surface area (Å²) in [4.78, 5) is 10.3. The Balaban J connectivity index is 3.25. The average Bonchev–Trinajstić information content (AvgIpc) is 2.10. The zero-order valence-corrected chi connectivity index (χ0v) is 9.64. The molecule has 1 rings (SSSR count). The van der Waals surface area contributed by atoms with Gasteiger partial charge in [-0.2, -0.15) is 0 Å². The Kier molecular flexibility index (Phi) is 3.90. The highest BCUT2D eigenvalue weighted by molar-refractivity contribution is 6.52. The van der Waals surface area contributed by atoms with E-state index >= 15 is 0 Å². The van der Waals surface area contributed by atoms with Crippen LogP contribution in [0.3, 0.4) is 0 Å². The van der Waals surface area contributed by atoms with Crippen molar-refractivity contribution < 1.29 is 9.90 Å². The number of aliphatic carboxylic acids is 1. The zero-order chi connectivity index (χ0) is 10.9. The van der Waals surface area contributed by atoms with Crippen LogP contribution in [0.5, 0.6) is 0 Å². The minimum Gasteiger partial charge on any atom is -0.550 e. The van der Waals surface area contributed by atoms with Gasteiger partial charge in [0.2, 0.25) is 0 Å². The monoisotopic (exact) mass is 271 g/mol. The van der Waals surface area contributed by atoms with E-state index in [1.807, 2.05) is 0 Å². The van der Waals surface area contributed by atoms with Gasteiger partial charge in [0.15, 0.2) is 0 Å². The van der Waals surface area contributed by atoms with E-state index in [2.05, 4.69) is 0 Å². The van der Waals surface area contributed by atoms with Gasteiger partial charge in [-0.1, -0.05) is 46.4 Å². The van der Waals surface area contributed by atoms with Gasteiger partial charge in [-0.05, 0) is 11.6 Å². The van der Waals surface area contributed by atoms with Crippen molar-refractivity contribution in [1.82, 2.24) is 0 Å². The Morgan fingerprint density at radius 2 is 1.71 bits per heavy atom. The van der Waals surface area contributed by atoms with E-state index in [-0.39, 0.29) is 32.1 Å². The van der Waals surface area contributed by atoms with Crippen LogP contribution in [0.1, 0.15) is 5.56 Å². The van der Waals surface area contributed by atoms with Crippen LogP contribution >= 0.6 is 46.4 Å². The third-order valence-electron chi connectivity index (χ3n) is 1.51. The molecule has 14 heavy (non-hydrogen) atoms. The molecule has 76 valence electrons. The highest BCUT2D eigenvalue weighted by Crippen LogP contribution is 2.38. The molecule has 0 radical (unpaired) electrons. The van der Waals surface area contributed by atoms with Gasteiger partial charge < -0.3 is 9.90 Å². The fraction of sp³-hybridized carbons (Fsp3) is 0.125. The third-order valence-corrected chi connectivity index (χ3v) is 3.30. The molecule has 0 spiro atoms. The standard InChI is InChI=1S/C8H4Cl4O2/c9-4-1-3(2-5(13)14)6(10)8(12)7(4)11/h1H,2H2,(H,13,14)/p-1. The largest absolute Gasteiger partial charge is 0.550 e. The van der Waals surface area contributed by atoms with Crippen molar-refractivity contribution in [2.24, 2.45) is 0 Å². The first-order valence-corrected chi connectivity index (χ1v) is 4.96. The topological polar surface area (TPSA) is 40.1 Å². The van der Waals surface area contributed by atoms with E-state index in [0.29, 0.717) is 0 Å². The second kappa shape index (κ2) is 4.58. The highest BCUT2D eigenvalue weighted by atomic mass is 35.5. The first-order valence-electron chi connectivity index (χ1n) is 3.45. The summed E-state index contributed by atoms with van der Waals surface area (Å²) in [7, 11) is 0. The van der Waals surface area contributed by atoms with Crippen LogP contribution < -0.4 is 5.11 Å². The molecule has 0 atom stereocenters. The quantitative estimate of drug-likeness (QED) is 0.613. The summed E-state index contributed by atoms with van der Waals surface area (Å²) in [6.45, 7) is 0. The molecule has 0 heterocycles. The van der Waals surface area contributed by atoms with Crippen molar-refractivity contribution in [3.05, 3.63) is 31.7 Å². The molecular weight excluding hydrogens is 270 g/mol. The van der Waals surface area contributed by atoms with Crippen LogP contribution in [0.4, 0.5) is 0 Å². The van der Waals surface area contributed by atoms with E-state index < -0.39 is 5.97 Å². The van der Waals surface area contributed by atoms with Crippen LogP contribution in [0.15, 0.2) is 6.07 Å². The molecular formula is C8H3Cl4O2-. The first kappa shape index (κ1) is 11.9. The Bertz CT molecular complexity index is 389. The minimum atomic E-state index is -1.26.